The highest BCUT2D eigenvalue weighted by molar-refractivity contribution is 7.85. The molecule has 0 atom stereocenters. The van der Waals surface area contributed by atoms with Gasteiger partial charge in [-0.05, 0) is 113 Å². The number of aromatic nitrogens is 2. The highest BCUT2D eigenvalue weighted by atomic mass is 32.2. The predicted molar refractivity (Wildman–Crippen MR) is 267 cm³/mol. The Hall–Kier alpha value is -5.41. The first kappa shape index (κ1) is 43.2. The molecule has 0 spiro atoms. The van der Waals surface area contributed by atoms with E-state index in [2.05, 4.69) is 82.3 Å². The summed E-state index contributed by atoms with van der Waals surface area (Å²) in [5, 5.41) is 3.06. The second-order valence-electron chi connectivity index (χ2n) is 21.1. The van der Waals surface area contributed by atoms with Gasteiger partial charge in [-0.2, -0.15) is 8.42 Å². The first-order valence-corrected chi connectivity index (χ1v) is 25.7. The molecule has 0 unspecified atom stereocenters. The molecule has 0 radical (unpaired) electrons. The average molecular weight is 941 g/mol. The highest BCUT2D eigenvalue weighted by Crippen LogP contribution is 2.53. The van der Waals surface area contributed by atoms with Gasteiger partial charge in [0.1, 0.15) is 21.2 Å². The number of anilines is 2. The van der Waals surface area contributed by atoms with Crippen LogP contribution in [0.2, 0.25) is 0 Å². The molecule has 0 fully saturated rings. The van der Waals surface area contributed by atoms with Gasteiger partial charge in [-0.1, -0.05) is 67.5 Å². The van der Waals surface area contributed by atoms with Crippen LogP contribution < -0.4 is 21.1 Å². The lowest BCUT2D eigenvalue weighted by Crippen LogP contribution is -2.44. The second kappa shape index (κ2) is 14.5. The van der Waals surface area contributed by atoms with Crippen molar-refractivity contribution in [2.75, 3.05) is 36.0 Å². The van der Waals surface area contributed by atoms with E-state index in [1.807, 2.05) is 36.4 Å². The Morgan fingerprint density at radius 2 is 1.02 bits per heavy atom. The second-order valence-corrected chi connectivity index (χ2v) is 24.6. The van der Waals surface area contributed by atoms with Gasteiger partial charge in [0, 0.05) is 59.5 Å². The monoisotopic (exact) mass is 940 g/mol. The molecule has 4 aliphatic rings. The minimum Gasteiger partial charge on any atom is -0.422 e. The third-order valence-electron chi connectivity index (χ3n) is 14.9. The maximum atomic E-state index is 13.3. The zero-order valence-electron chi connectivity index (χ0n) is 38.4. The lowest BCUT2D eigenvalue weighted by molar-refractivity contribution is 0.398. The molecule has 0 bridgehead atoms. The zero-order valence-corrected chi connectivity index (χ0v) is 40.9. The Balaban J connectivity index is 0.000000147. The Bertz CT molecular complexity index is 3580. The summed E-state index contributed by atoms with van der Waals surface area (Å²) in [6, 6.07) is 20.5. The van der Waals surface area contributed by atoms with Crippen LogP contribution in [0.5, 0.6) is 0 Å². The fourth-order valence-electron chi connectivity index (χ4n) is 10.8. The third kappa shape index (κ3) is 6.84. The van der Waals surface area contributed by atoms with Crippen molar-refractivity contribution in [1.82, 2.24) is 9.97 Å². The van der Waals surface area contributed by atoms with Gasteiger partial charge in [-0.3, -0.25) is 4.55 Å². The molecule has 0 amide bonds. The van der Waals surface area contributed by atoms with Crippen molar-refractivity contribution in [2.24, 2.45) is 0 Å². The Kier molecular flexibility index (Phi) is 9.52. The number of hydrogen-bond acceptors (Lipinski definition) is 12. The van der Waals surface area contributed by atoms with E-state index >= 15 is 0 Å². The highest BCUT2D eigenvalue weighted by Gasteiger charge is 2.44. The third-order valence-corrected chi connectivity index (χ3v) is 17.8. The summed E-state index contributed by atoms with van der Waals surface area (Å²) in [7, 11) is -4.33. The molecule has 66 heavy (non-hydrogen) atoms. The molecular weight excluding hydrogens is 889 g/mol. The number of rotatable bonds is 3. The molecule has 0 saturated carbocycles. The van der Waals surface area contributed by atoms with Crippen LogP contribution in [-0.2, 0) is 31.8 Å². The molecule has 0 saturated heterocycles. The topological polar surface area (TPSA) is 147 Å². The fraction of sp³-hybridized carbons (Fsp3) is 0.385. The summed E-state index contributed by atoms with van der Waals surface area (Å²) in [4.78, 5) is 40.4. The molecule has 11 nitrogen and oxygen atoms in total. The molecule has 4 aromatic heterocycles. The van der Waals surface area contributed by atoms with Crippen molar-refractivity contribution < 1.29 is 21.8 Å². The van der Waals surface area contributed by atoms with Crippen LogP contribution in [0, 0.1) is 0 Å². The normalized spacial score (nSPS) is 18.9. The van der Waals surface area contributed by atoms with E-state index in [0.29, 0.717) is 31.9 Å². The number of thiazole rings is 2. The lowest BCUT2D eigenvalue weighted by atomic mass is 9.69. The molecule has 14 heteroatoms. The van der Waals surface area contributed by atoms with Crippen LogP contribution in [0.25, 0.3) is 63.5 Å². The fourth-order valence-corrected chi connectivity index (χ4v) is 13.3. The Morgan fingerprint density at radius 1 is 0.576 bits per heavy atom. The number of para-hydroxylation sites is 1. The van der Waals surface area contributed by atoms with Crippen LogP contribution in [0.3, 0.4) is 0 Å². The predicted octanol–water partition coefficient (Wildman–Crippen LogP) is 11.7. The molecular formula is C52H52N4O7S3. The molecule has 12 rings (SSSR count). The minimum absolute atomic E-state index is 0.000538. The van der Waals surface area contributed by atoms with E-state index in [4.69, 9.17) is 13.8 Å². The Labute approximate surface area is 390 Å². The summed E-state index contributed by atoms with van der Waals surface area (Å²) < 4.78 is 46.2. The van der Waals surface area contributed by atoms with Crippen molar-refractivity contribution in [3.8, 4) is 21.1 Å². The average Bonchev–Trinajstić information content (AvgIpc) is 3.88. The molecule has 4 aliphatic heterocycles. The molecule has 8 heterocycles. The molecule has 4 aromatic carbocycles. The van der Waals surface area contributed by atoms with Gasteiger partial charge in [-0.25, -0.2) is 19.6 Å². The van der Waals surface area contributed by atoms with Crippen LogP contribution in [0.4, 0.5) is 11.4 Å². The lowest BCUT2D eigenvalue weighted by Gasteiger charge is -2.48. The summed E-state index contributed by atoms with van der Waals surface area (Å²) in [5.74, 6) is 0. The van der Waals surface area contributed by atoms with E-state index < -0.39 is 15.7 Å². The smallest absolute Gasteiger partial charge is 0.346 e. The maximum absolute atomic E-state index is 13.3. The van der Waals surface area contributed by atoms with Gasteiger partial charge in [0.05, 0.1) is 36.5 Å². The first-order chi connectivity index (χ1) is 31.1. The first-order valence-electron chi connectivity index (χ1n) is 22.7. The number of benzene rings is 4. The number of fused-ring (bicyclic) bond motifs is 6. The van der Waals surface area contributed by atoms with E-state index in [-0.39, 0.29) is 32.2 Å². The van der Waals surface area contributed by atoms with Crippen LogP contribution in [0.15, 0.2) is 90.0 Å². The van der Waals surface area contributed by atoms with Crippen molar-refractivity contribution in [3.63, 3.8) is 0 Å². The van der Waals surface area contributed by atoms with Gasteiger partial charge in [0.2, 0.25) is 0 Å². The van der Waals surface area contributed by atoms with E-state index in [1.54, 1.807) is 11.3 Å². The summed E-state index contributed by atoms with van der Waals surface area (Å²) in [5.41, 5.74) is 10.4. The molecule has 340 valence electrons. The van der Waals surface area contributed by atoms with Crippen molar-refractivity contribution in [2.45, 2.75) is 108 Å². The summed E-state index contributed by atoms with van der Waals surface area (Å²) in [6.07, 6.45) is 4.23. The van der Waals surface area contributed by atoms with Crippen LogP contribution >= 0.6 is 22.7 Å². The van der Waals surface area contributed by atoms with Gasteiger partial charge in [0.25, 0.3) is 10.1 Å². The standard InChI is InChI=1S/C26H26N2O5S2.C26H26N2O2S/c1-25(2)7-9-28-10-8-26(3,4)20-21(28)17(25)12-14-11-16(24(29)33-22(14)20)23-27-18-6-5-15(35(30,31)32)13-19(18)34-23;1-25(2)9-11-28-12-10-26(3,4)20-21(28)17(25)14-15-13-16(24(29)30-22(15)20)23-27-18-7-5-6-8-19(18)31-23/h5-6,11-13H,7-10H2,1-4H3,(H,30,31,32);5-8,13-14H,9-12H2,1-4H3. The zero-order chi connectivity index (χ0) is 46.5. The van der Waals surface area contributed by atoms with E-state index in [0.717, 1.165) is 89.0 Å². The van der Waals surface area contributed by atoms with Gasteiger partial charge < -0.3 is 18.6 Å². The summed E-state index contributed by atoms with van der Waals surface area (Å²) in [6.45, 7) is 22.3. The van der Waals surface area contributed by atoms with Crippen LogP contribution in [-0.4, -0.2) is 49.1 Å². The Morgan fingerprint density at radius 3 is 1.48 bits per heavy atom. The summed E-state index contributed by atoms with van der Waals surface area (Å²) >= 11 is 2.74. The van der Waals surface area contributed by atoms with Gasteiger partial charge >= 0.3 is 11.3 Å². The number of hydrogen-bond donors (Lipinski definition) is 1. The molecule has 0 aliphatic carbocycles. The maximum Gasteiger partial charge on any atom is 0.346 e. The SMILES string of the molecule is CC1(C)CCN2CCC(C)(C)c3c2c1cc1cc(-c2nc4ccc(S(=O)(=O)O)cc4s2)c(=O)oc31.CC1(C)CCN2CCC(C)(C)c3c2c1cc1cc(-c2nc4ccccc4s2)c(=O)oc31. The van der Waals surface area contributed by atoms with Crippen molar-refractivity contribution >= 4 is 86.5 Å². The number of nitrogens with zero attached hydrogens (tertiary/aromatic N) is 4. The van der Waals surface area contributed by atoms with Gasteiger partial charge in [-0.15, -0.1) is 22.7 Å². The van der Waals surface area contributed by atoms with Crippen molar-refractivity contribution in [3.05, 3.63) is 110 Å². The largest absolute Gasteiger partial charge is 0.422 e. The van der Waals surface area contributed by atoms with E-state index in [1.165, 1.54) is 57.6 Å². The molecule has 1 N–H and O–H groups in total. The molecule has 8 aromatic rings. The van der Waals surface area contributed by atoms with E-state index in [9.17, 15) is 22.6 Å². The van der Waals surface area contributed by atoms with Crippen molar-refractivity contribution in [1.29, 1.82) is 0 Å². The minimum atomic E-state index is -4.33. The van der Waals surface area contributed by atoms with Gasteiger partial charge in [0.15, 0.2) is 0 Å². The van der Waals surface area contributed by atoms with Crippen LogP contribution in [0.1, 0.15) is 103 Å². The quantitative estimate of drug-likeness (QED) is 0.133.